The molecule has 6 heteroatoms. The standard InChI is InChI=1S/C18H17NO4S/c20-18(21)14-7-16-17(19-14)13(10-24-16)12-3-1-2-4-15(12)23-9-11-5-6-22-8-11/h1-4,7,10-11,19H,5-6,8-9H2,(H,20,21). The van der Waals surface area contributed by atoms with E-state index in [-0.39, 0.29) is 5.69 Å². The number of nitrogens with one attached hydrogen (secondary N) is 1. The highest BCUT2D eigenvalue weighted by Crippen LogP contribution is 2.38. The molecule has 2 aromatic heterocycles. The molecule has 2 N–H and O–H groups in total. The van der Waals surface area contributed by atoms with Gasteiger partial charge in [0.25, 0.3) is 0 Å². The SMILES string of the molecule is O=C(O)c1cc2scc(-c3ccccc3OCC3CCOC3)c2[nH]1. The van der Waals surface area contributed by atoms with Crippen LogP contribution in [-0.4, -0.2) is 35.9 Å². The van der Waals surface area contributed by atoms with Crippen LogP contribution in [0.2, 0.25) is 0 Å². The Bertz CT molecular complexity index is 876. The Labute approximate surface area is 142 Å². The predicted octanol–water partition coefficient (Wildman–Crippen LogP) is 4.01. The minimum absolute atomic E-state index is 0.208. The van der Waals surface area contributed by atoms with Crippen molar-refractivity contribution in [1.82, 2.24) is 4.98 Å². The number of carboxylic acids is 1. The highest BCUT2D eigenvalue weighted by molar-refractivity contribution is 7.17. The molecule has 1 unspecified atom stereocenters. The predicted molar refractivity (Wildman–Crippen MR) is 93.0 cm³/mol. The first-order valence-corrected chi connectivity index (χ1v) is 8.74. The molecule has 5 nitrogen and oxygen atoms in total. The Morgan fingerprint density at radius 3 is 3.04 bits per heavy atom. The first kappa shape index (κ1) is 15.2. The van der Waals surface area contributed by atoms with Gasteiger partial charge in [-0.05, 0) is 18.6 Å². The minimum atomic E-state index is -0.949. The Kier molecular flexibility index (Phi) is 4.00. The summed E-state index contributed by atoms with van der Waals surface area (Å²) in [6.07, 6.45) is 1.03. The number of para-hydroxylation sites is 1. The summed E-state index contributed by atoms with van der Waals surface area (Å²) in [7, 11) is 0. The Morgan fingerprint density at radius 2 is 2.25 bits per heavy atom. The van der Waals surface area contributed by atoms with Gasteiger partial charge in [-0.3, -0.25) is 0 Å². The number of hydrogen-bond acceptors (Lipinski definition) is 4. The fourth-order valence-electron chi connectivity index (χ4n) is 2.96. The number of aromatic amines is 1. The average Bonchev–Trinajstić information content (AvgIpc) is 3.30. The number of thiophene rings is 1. The first-order valence-electron chi connectivity index (χ1n) is 7.86. The maximum Gasteiger partial charge on any atom is 0.352 e. The van der Waals surface area contributed by atoms with Gasteiger partial charge in [0, 0.05) is 29.0 Å². The topological polar surface area (TPSA) is 71.6 Å². The normalized spacial score (nSPS) is 17.4. The van der Waals surface area contributed by atoms with Crippen LogP contribution >= 0.6 is 11.3 Å². The van der Waals surface area contributed by atoms with Crippen LogP contribution in [0.25, 0.3) is 21.3 Å². The van der Waals surface area contributed by atoms with Gasteiger partial charge in [-0.25, -0.2) is 4.79 Å². The molecule has 124 valence electrons. The molecule has 3 heterocycles. The lowest BCUT2D eigenvalue weighted by Gasteiger charge is -2.13. The van der Waals surface area contributed by atoms with Crippen molar-refractivity contribution in [3.63, 3.8) is 0 Å². The van der Waals surface area contributed by atoms with Gasteiger partial charge in [0.05, 0.1) is 23.4 Å². The van der Waals surface area contributed by atoms with Gasteiger partial charge in [-0.2, -0.15) is 0 Å². The zero-order valence-corrected chi connectivity index (χ0v) is 13.8. The molecule has 0 aliphatic carbocycles. The van der Waals surface area contributed by atoms with Crippen LogP contribution in [-0.2, 0) is 4.74 Å². The first-order chi connectivity index (χ1) is 11.7. The number of benzene rings is 1. The number of rotatable bonds is 5. The molecular weight excluding hydrogens is 326 g/mol. The largest absolute Gasteiger partial charge is 0.493 e. The number of carboxylic acid groups (broad SMARTS) is 1. The number of aromatic nitrogens is 1. The van der Waals surface area contributed by atoms with E-state index in [0.717, 1.165) is 46.7 Å². The maximum atomic E-state index is 11.2. The average molecular weight is 343 g/mol. The minimum Gasteiger partial charge on any atom is -0.493 e. The molecule has 24 heavy (non-hydrogen) atoms. The number of ether oxygens (including phenoxy) is 2. The van der Waals surface area contributed by atoms with Gasteiger partial charge in [0.2, 0.25) is 0 Å². The molecular formula is C18H17NO4S. The molecule has 4 rings (SSSR count). The van der Waals surface area contributed by atoms with Crippen molar-refractivity contribution < 1.29 is 19.4 Å². The Balaban J connectivity index is 1.67. The molecule has 3 aromatic rings. The molecule has 1 aliphatic heterocycles. The molecule has 1 atom stereocenters. The van der Waals surface area contributed by atoms with E-state index >= 15 is 0 Å². The van der Waals surface area contributed by atoms with Gasteiger partial charge in [-0.1, -0.05) is 18.2 Å². The van der Waals surface area contributed by atoms with Crippen LogP contribution in [0.5, 0.6) is 5.75 Å². The summed E-state index contributed by atoms with van der Waals surface area (Å²) in [5.74, 6) is 0.301. The maximum absolute atomic E-state index is 11.2. The van der Waals surface area contributed by atoms with E-state index in [1.807, 2.05) is 29.6 Å². The van der Waals surface area contributed by atoms with E-state index in [1.165, 1.54) is 11.3 Å². The van der Waals surface area contributed by atoms with Crippen LogP contribution < -0.4 is 4.74 Å². The van der Waals surface area contributed by atoms with E-state index in [0.29, 0.717) is 12.5 Å². The molecule has 1 fully saturated rings. The second-order valence-electron chi connectivity index (χ2n) is 5.91. The van der Waals surface area contributed by atoms with Crippen molar-refractivity contribution in [2.45, 2.75) is 6.42 Å². The van der Waals surface area contributed by atoms with Gasteiger partial charge >= 0.3 is 5.97 Å². The summed E-state index contributed by atoms with van der Waals surface area (Å²) in [6, 6.07) is 9.54. The van der Waals surface area contributed by atoms with Gasteiger partial charge in [-0.15, -0.1) is 11.3 Å². The quantitative estimate of drug-likeness (QED) is 0.734. The summed E-state index contributed by atoms with van der Waals surface area (Å²) >= 11 is 1.53. The van der Waals surface area contributed by atoms with Crippen molar-refractivity contribution in [3.05, 3.63) is 41.4 Å². The fraction of sp³-hybridized carbons (Fsp3) is 0.278. The highest BCUT2D eigenvalue weighted by Gasteiger charge is 2.19. The summed E-state index contributed by atoms with van der Waals surface area (Å²) in [5, 5.41) is 11.2. The smallest absolute Gasteiger partial charge is 0.352 e. The van der Waals surface area contributed by atoms with Crippen molar-refractivity contribution >= 4 is 27.5 Å². The van der Waals surface area contributed by atoms with Crippen molar-refractivity contribution in [2.75, 3.05) is 19.8 Å². The lowest BCUT2D eigenvalue weighted by Crippen LogP contribution is -2.11. The van der Waals surface area contributed by atoms with Crippen molar-refractivity contribution in [1.29, 1.82) is 0 Å². The third-order valence-electron chi connectivity index (χ3n) is 4.26. The number of hydrogen-bond donors (Lipinski definition) is 2. The van der Waals surface area contributed by atoms with Gasteiger partial charge < -0.3 is 19.6 Å². The van der Waals surface area contributed by atoms with Gasteiger partial charge in [0.1, 0.15) is 11.4 Å². The van der Waals surface area contributed by atoms with Crippen LogP contribution in [0.3, 0.4) is 0 Å². The zero-order chi connectivity index (χ0) is 16.5. The van der Waals surface area contributed by atoms with Gasteiger partial charge in [0.15, 0.2) is 0 Å². The van der Waals surface area contributed by atoms with Crippen molar-refractivity contribution in [3.8, 4) is 16.9 Å². The molecule has 0 spiro atoms. The Morgan fingerprint density at radius 1 is 1.38 bits per heavy atom. The van der Waals surface area contributed by atoms with Crippen LogP contribution in [0.1, 0.15) is 16.9 Å². The third kappa shape index (κ3) is 2.79. The fourth-order valence-corrected chi connectivity index (χ4v) is 3.92. The number of aromatic carboxylic acids is 1. The Hall–Kier alpha value is -2.31. The molecule has 0 radical (unpaired) electrons. The zero-order valence-electron chi connectivity index (χ0n) is 13.0. The van der Waals surface area contributed by atoms with Crippen LogP contribution in [0.15, 0.2) is 35.7 Å². The second kappa shape index (κ2) is 6.30. The summed E-state index contributed by atoms with van der Waals surface area (Å²) < 4.78 is 12.4. The molecule has 0 saturated carbocycles. The summed E-state index contributed by atoms with van der Waals surface area (Å²) in [5.41, 5.74) is 3.00. The number of fused-ring (bicyclic) bond motifs is 1. The lowest BCUT2D eigenvalue weighted by atomic mass is 10.1. The molecule has 1 aromatic carbocycles. The molecule has 0 amide bonds. The van der Waals surface area contributed by atoms with Crippen LogP contribution in [0, 0.1) is 5.92 Å². The second-order valence-corrected chi connectivity index (χ2v) is 6.82. The third-order valence-corrected chi connectivity index (χ3v) is 5.19. The van der Waals surface area contributed by atoms with E-state index in [2.05, 4.69) is 4.98 Å². The van der Waals surface area contributed by atoms with E-state index in [9.17, 15) is 4.79 Å². The summed E-state index contributed by atoms with van der Waals surface area (Å²) in [4.78, 5) is 14.2. The van der Waals surface area contributed by atoms with Crippen LogP contribution in [0.4, 0.5) is 0 Å². The monoisotopic (exact) mass is 343 g/mol. The molecule has 0 bridgehead atoms. The highest BCUT2D eigenvalue weighted by atomic mass is 32.1. The van der Waals surface area contributed by atoms with E-state index in [1.54, 1.807) is 6.07 Å². The summed E-state index contributed by atoms with van der Waals surface area (Å²) in [6.45, 7) is 2.19. The molecule has 1 saturated heterocycles. The molecule has 1 aliphatic rings. The van der Waals surface area contributed by atoms with E-state index in [4.69, 9.17) is 14.6 Å². The van der Waals surface area contributed by atoms with Crippen molar-refractivity contribution in [2.24, 2.45) is 5.92 Å². The number of H-pyrrole nitrogens is 1. The number of carbonyl (C=O) groups is 1. The lowest BCUT2D eigenvalue weighted by molar-refractivity contribution is 0.0691. The van der Waals surface area contributed by atoms with E-state index < -0.39 is 5.97 Å².